The number of unbranched alkanes of at least 4 members (excludes halogenated alkanes) is 3. The van der Waals surface area contributed by atoms with Crippen molar-refractivity contribution in [2.45, 2.75) is 58.1 Å². The van der Waals surface area contributed by atoms with Crippen LogP contribution in [0.25, 0.3) is 0 Å². The molecule has 2 aromatic rings. The summed E-state index contributed by atoms with van der Waals surface area (Å²) in [6, 6.07) is 19.2. The number of rotatable bonds is 10. The summed E-state index contributed by atoms with van der Waals surface area (Å²) in [4.78, 5) is 2.53. The van der Waals surface area contributed by atoms with Gasteiger partial charge in [-0.05, 0) is 49.1 Å². The molecule has 0 atom stereocenters. The van der Waals surface area contributed by atoms with Crippen molar-refractivity contribution in [3.63, 3.8) is 0 Å². The lowest BCUT2D eigenvalue weighted by atomic mass is 10.1. The highest BCUT2D eigenvalue weighted by Crippen LogP contribution is 2.22. The van der Waals surface area contributed by atoms with E-state index in [1.54, 1.807) is 0 Å². The van der Waals surface area contributed by atoms with Crippen LogP contribution in [0, 0.1) is 0 Å². The number of nitrogens with zero attached hydrogens (tertiary/aromatic N) is 1. The topological polar surface area (TPSA) is 24.5 Å². The summed E-state index contributed by atoms with van der Waals surface area (Å²) in [7, 11) is 0. The fraction of sp³-hybridized carbons (Fsp3) is 0.500. The Morgan fingerprint density at radius 3 is 2.24 bits per heavy atom. The minimum Gasteiger partial charge on any atom is -0.490 e. The van der Waals surface area contributed by atoms with Crippen molar-refractivity contribution in [2.24, 2.45) is 0 Å². The smallest absolute Gasteiger partial charge is 0.119 e. The maximum atomic E-state index is 6.21. The molecule has 1 N–H and O–H groups in total. The Bertz CT molecular complexity index is 644. The third kappa shape index (κ3) is 9.29. The van der Waals surface area contributed by atoms with Crippen LogP contribution in [0.3, 0.4) is 0 Å². The number of ether oxygens (including phenoxy) is 1. The van der Waals surface area contributed by atoms with Gasteiger partial charge in [0.25, 0.3) is 0 Å². The van der Waals surface area contributed by atoms with Crippen molar-refractivity contribution in [3.8, 4) is 5.75 Å². The van der Waals surface area contributed by atoms with Crippen molar-refractivity contribution in [2.75, 3.05) is 25.0 Å². The van der Waals surface area contributed by atoms with Crippen molar-refractivity contribution < 1.29 is 4.74 Å². The summed E-state index contributed by atoms with van der Waals surface area (Å²) in [6.07, 6.45) is 7.72. The minimum atomic E-state index is 0. The third-order valence-corrected chi connectivity index (χ3v) is 5.30. The normalized spacial score (nSPS) is 14.5. The standard InChI is InChI=1S/C24H34N2O.2ClH/c1-2-3-4-8-17-25-22-11-13-23(14-12-22)27-24-15-18-26(19-16-24)20-21-9-6-5-7-10-21;;/h5-7,9-14,24-25H,2-4,8,15-20H2,1H3;2*1H. The molecule has 3 nitrogen and oxygen atoms in total. The molecule has 1 fully saturated rings. The maximum Gasteiger partial charge on any atom is 0.119 e. The van der Waals surface area contributed by atoms with E-state index in [0.717, 1.165) is 44.8 Å². The Morgan fingerprint density at radius 2 is 1.59 bits per heavy atom. The van der Waals surface area contributed by atoms with E-state index in [1.165, 1.54) is 36.9 Å². The molecule has 0 amide bonds. The van der Waals surface area contributed by atoms with E-state index in [9.17, 15) is 0 Å². The number of piperidine rings is 1. The molecule has 29 heavy (non-hydrogen) atoms. The third-order valence-electron chi connectivity index (χ3n) is 5.30. The Morgan fingerprint density at radius 1 is 0.897 bits per heavy atom. The van der Waals surface area contributed by atoms with Crippen molar-refractivity contribution in [1.29, 1.82) is 0 Å². The first-order valence-electron chi connectivity index (χ1n) is 10.6. The number of anilines is 1. The van der Waals surface area contributed by atoms with Gasteiger partial charge < -0.3 is 10.1 Å². The number of hydrogen-bond acceptors (Lipinski definition) is 3. The van der Waals surface area contributed by atoms with E-state index in [4.69, 9.17) is 4.74 Å². The average molecular weight is 439 g/mol. The highest BCUT2D eigenvalue weighted by molar-refractivity contribution is 5.85. The quantitative estimate of drug-likeness (QED) is 0.424. The van der Waals surface area contributed by atoms with Gasteiger partial charge in [-0.2, -0.15) is 0 Å². The highest BCUT2D eigenvalue weighted by Gasteiger charge is 2.20. The van der Waals surface area contributed by atoms with E-state index < -0.39 is 0 Å². The Balaban J connectivity index is 0.00000210. The molecule has 0 bridgehead atoms. The van der Waals surface area contributed by atoms with E-state index in [0.29, 0.717) is 6.10 Å². The molecule has 1 heterocycles. The lowest BCUT2D eigenvalue weighted by Gasteiger charge is -2.32. The van der Waals surface area contributed by atoms with Crippen LogP contribution >= 0.6 is 24.8 Å². The SMILES string of the molecule is CCCCCCNc1ccc(OC2CCN(Cc3ccccc3)CC2)cc1.Cl.Cl. The molecule has 3 rings (SSSR count). The molecule has 1 saturated heterocycles. The Kier molecular flexibility index (Phi) is 12.8. The molecule has 0 aliphatic carbocycles. The lowest BCUT2D eigenvalue weighted by Crippen LogP contribution is -2.37. The van der Waals surface area contributed by atoms with E-state index >= 15 is 0 Å². The van der Waals surface area contributed by atoms with Crippen LogP contribution < -0.4 is 10.1 Å². The van der Waals surface area contributed by atoms with Gasteiger partial charge in [-0.1, -0.05) is 56.5 Å². The second-order valence-corrected chi connectivity index (χ2v) is 7.59. The van der Waals surface area contributed by atoms with Gasteiger partial charge in [-0.15, -0.1) is 24.8 Å². The molecule has 1 aliphatic heterocycles. The van der Waals surface area contributed by atoms with Crippen LogP contribution in [-0.4, -0.2) is 30.6 Å². The van der Waals surface area contributed by atoms with Gasteiger partial charge in [0.05, 0.1) is 0 Å². The van der Waals surface area contributed by atoms with Crippen LogP contribution in [0.4, 0.5) is 5.69 Å². The van der Waals surface area contributed by atoms with Crippen LogP contribution in [0.5, 0.6) is 5.75 Å². The highest BCUT2D eigenvalue weighted by atomic mass is 35.5. The molecule has 5 heteroatoms. The van der Waals surface area contributed by atoms with E-state index in [1.807, 2.05) is 0 Å². The molecule has 0 unspecified atom stereocenters. The summed E-state index contributed by atoms with van der Waals surface area (Å²) >= 11 is 0. The maximum absolute atomic E-state index is 6.21. The minimum absolute atomic E-state index is 0. The number of nitrogens with one attached hydrogen (secondary N) is 1. The predicted octanol–water partition coefficient (Wildman–Crippen LogP) is 6.57. The van der Waals surface area contributed by atoms with Crippen LogP contribution in [-0.2, 0) is 6.54 Å². The van der Waals surface area contributed by atoms with Crippen molar-refractivity contribution >= 4 is 30.5 Å². The molecule has 0 aromatic heterocycles. The molecule has 0 spiro atoms. The Labute approximate surface area is 189 Å². The van der Waals surface area contributed by atoms with E-state index in [-0.39, 0.29) is 24.8 Å². The van der Waals surface area contributed by atoms with Gasteiger partial charge in [-0.25, -0.2) is 0 Å². The van der Waals surface area contributed by atoms with Gasteiger partial charge in [-0.3, -0.25) is 4.90 Å². The monoisotopic (exact) mass is 438 g/mol. The van der Waals surface area contributed by atoms with Crippen molar-refractivity contribution in [1.82, 2.24) is 4.90 Å². The lowest BCUT2D eigenvalue weighted by molar-refractivity contribution is 0.0968. The van der Waals surface area contributed by atoms with Crippen LogP contribution in [0.2, 0.25) is 0 Å². The first-order valence-corrected chi connectivity index (χ1v) is 10.6. The largest absolute Gasteiger partial charge is 0.490 e. The molecule has 2 aromatic carbocycles. The summed E-state index contributed by atoms with van der Waals surface area (Å²) in [6.45, 7) is 6.57. The zero-order valence-corrected chi connectivity index (χ0v) is 19.1. The molecule has 1 aliphatic rings. The predicted molar refractivity (Wildman–Crippen MR) is 129 cm³/mol. The second-order valence-electron chi connectivity index (χ2n) is 7.59. The first kappa shape index (κ1) is 25.6. The van der Waals surface area contributed by atoms with Gasteiger partial charge >= 0.3 is 0 Å². The van der Waals surface area contributed by atoms with Gasteiger partial charge in [0.2, 0.25) is 0 Å². The zero-order chi connectivity index (χ0) is 18.7. The fourth-order valence-corrected chi connectivity index (χ4v) is 3.66. The Hall–Kier alpha value is -1.42. The second kappa shape index (κ2) is 14.5. The van der Waals surface area contributed by atoms with Crippen LogP contribution in [0.1, 0.15) is 51.0 Å². The summed E-state index contributed by atoms with van der Waals surface area (Å²) in [5.41, 5.74) is 2.59. The van der Waals surface area contributed by atoms with Gasteiger partial charge in [0.15, 0.2) is 0 Å². The van der Waals surface area contributed by atoms with Crippen molar-refractivity contribution in [3.05, 3.63) is 60.2 Å². The molecule has 0 saturated carbocycles. The van der Waals surface area contributed by atoms with Gasteiger partial charge in [0.1, 0.15) is 11.9 Å². The molecule has 162 valence electrons. The summed E-state index contributed by atoms with van der Waals surface area (Å²) in [5.74, 6) is 0.994. The van der Waals surface area contributed by atoms with E-state index in [2.05, 4.69) is 71.7 Å². The number of likely N-dealkylation sites (tertiary alicyclic amines) is 1. The summed E-state index contributed by atoms with van der Waals surface area (Å²) < 4.78 is 6.21. The first-order chi connectivity index (χ1) is 13.3. The summed E-state index contributed by atoms with van der Waals surface area (Å²) in [5, 5.41) is 3.50. The molecule has 0 radical (unpaired) electrons. The van der Waals surface area contributed by atoms with Gasteiger partial charge in [0, 0.05) is 31.9 Å². The molecular formula is C24H36Cl2N2O. The number of halogens is 2. The average Bonchev–Trinajstić information content (AvgIpc) is 2.71. The fourth-order valence-electron chi connectivity index (χ4n) is 3.66. The number of benzene rings is 2. The zero-order valence-electron chi connectivity index (χ0n) is 17.5. The number of hydrogen-bond donors (Lipinski definition) is 1. The van der Waals surface area contributed by atoms with Crippen LogP contribution in [0.15, 0.2) is 54.6 Å². The molecular weight excluding hydrogens is 403 g/mol.